The Labute approximate surface area is 150 Å². The van der Waals surface area contributed by atoms with E-state index in [1.165, 1.54) is 0 Å². The van der Waals surface area contributed by atoms with Crippen molar-refractivity contribution >= 4 is 23.4 Å². The highest BCUT2D eigenvalue weighted by molar-refractivity contribution is 6.09. The van der Waals surface area contributed by atoms with Gasteiger partial charge in [0.15, 0.2) is 11.6 Å². The largest absolute Gasteiger partial charge is 0.294 e. The highest BCUT2D eigenvalue weighted by Crippen LogP contribution is 2.32. The van der Waals surface area contributed by atoms with Crippen LogP contribution in [-0.4, -0.2) is 33.7 Å². The molecule has 2 atom stereocenters. The predicted molar refractivity (Wildman–Crippen MR) is 91.4 cm³/mol. The molecule has 6 heteroatoms. The molecule has 1 fully saturated rings. The van der Waals surface area contributed by atoms with Crippen LogP contribution in [0.1, 0.15) is 33.6 Å². The molecular formula is C20H17NO5. The highest BCUT2D eigenvalue weighted by atomic mass is 16.5. The number of carbonyl (C=O) groups is 4. The Balaban J connectivity index is 1.80. The maximum absolute atomic E-state index is 12.4. The van der Waals surface area contributed by atoms with Gasteiger partial charge < -0.3 is 0 Å². The zero-order valence-electron chi connectivity index (χ0n) is 13.9. The van der Waals surface area contributed by atoms with Crippen molar-refractivity contribution in [1.82, 2.24) is 5.06 Å². The van der Waals surface area contributed by atoms with Crippen LogP contribution in [0.15, 0.2) is 60.7 Å². The maximum atomic E-state index is 12.4. The summed E-state index contributed by atoms with van der Waals surface area (Å²) in [6.45, 7) is 0. The zero-order chi connectivity index (χ0) is 18.7. The fraction of sp³-hybridized carbons (Fsp3) is 0.200. The number of imide groups is 1. The summed E-state index contributed by atoms with van der Waals surface area (Å²) in [5, 5.41) is 9.72. The van der Waals surface area contributed by atoms with Gasteiger partial charge in [-0.1, -0.05) is 60.7 Å². The van der Waals surface area contributed by atoms with E-state index in [-0.39, 0.29) is 29.5 Å². The first-order chi connectivity index (χ1) is 12.5. The molecule has 1 aliphatic heterocycles. The normalized spacial score (nSPS) is 19.7. The van der Waals surface area contributed by atoms with Crippen LogP contribution in [0.25, 0.3) is 0 Å². The summed E-state index contributed by atoms with van der Waals surface area (Å²) in [6, 6.07) is 16.8. The van der Waals surface area contributed by atoms with Gasteiger partial charge in [-0.05, 0) is 0 Å². The van der Waals surface area contributed by atoms with Crippen molar-refractivity contribution in [2.45, 2.75) is 12.8 Å². The Morgan fingerprint density at radius 1 is 0.731 bits per heavy atom. The number of benzene rings is 2. The number of rotatable bonds is 6. The van der Waals surface area contributed by atoms with Crippen molar-refractivity contribution in [2.24, 2.45) is 11.8 Å². The maximum Gasteiger partial charge on any atom is 0.257 e. The van der Waals surface area contributed by atoms with Crippen LogP contribution in [0.2, 0.25) is 0 Å². The van der Waals surface area contributed by atoms with Gasteiger partial charge in [0.25, 0.3) is 11.8 Å². The van der Waals surface area contributed by atoms with Crippen molar-refractivity contribution in [2.75, 3.05) is 0 Å². The van der Waals surface area contributed by atoms with Crippen LogP contribution >= 0.6 is 0 Å². The molecule has 1 heterocycles. The molecule has 26 heavy (non-hydrogen) atoms. The minimum absolute atomic E-state index is 0.0336. The third kappa shape index (κ3) is 3.45. The molecule has 2 aromatic rings. The number of hydroxylamine groups is 2. The second-order valence-corrected chi connectivity index (χ2v) is 6.19. The van der Waals surface area contributed by atoms with E-state index >= 15 is 0 Å². The predicted octanol–water partition coefficient (Wildman–Crippen LogP) is 2.52. The lowest BCUT2D eigenvalue weighted by Crippen LogP contribution is -2.27. The van der Waals surface area contributed by atoms with Crippen LogP contribution in [0, 0.1) is 11.8 Å². The molecule has 1 N–H and O–H groups in total. The van der Waals surface area contributed by atoms with E-state index in [0.29, 0.717) is 11.1 Å². The van der Waals surface area contributed by atoms with Gasteiger partial charge in [0.2, 0.25) is 0 Å². The molecule has 0 bridgehead atoms. The third-order valence-electron chi connectivity index (χ3n) is 4.54. The van der Waals surface area contributed by atoms with Crippen molar-refractivity contribution in [3.8, 4) is 0 Å². The Kier molecular flexibility index (Phi) is 5.04. The number of nitrogens with zero attached hydrogens (tertiary/aromatic N) is 1. The number of ketones is 2. The van der Waals surface area contributed by atoms with Gasteiger partial charge in [-0.25, -0.2) is 0 Å². The molecule has 3 rings (SSSR count). The van der Waals surface area contributed by atoms with Crippen molar-refractivity contribution in [3.63, 3.8) is 0 Å². The van der Waals surface area contributed by atoms with E-state index in [0.717, 1.165) is 0 Å². The lowest BCUT2D eigenvalue weighted by Gasteiger charge is -2.14. The van der Waals surface area contributed by atoms with Crippen LogP contribution in [0.5, 0.6) is 0 Å². The molecule has 1 aliphatic rings. The SMILES string of the molecule is O=C(CC1C(=O)N(O)C(=O)C1CC(=O)c1ccccc1)c1ccccc1. The van der Waals surface area contributed by atoms with Crippen molar-refractivity contribution in [1.29, 1.82) is 0 Å². The molecule has 2 unspecified atom stereocenters. The van der Waals surface area contributed by atoms with Crippen LogP contribution < -0.4 is 0 Å². The van der Waals surface area contributed by atoms with E-state index in [2.05, 4.69) is 0 Å². The summed E-state index contributed by atoms with van der Waals surface area (Å²) in [5.74, 6) is -4.41. The van der Waals surface area contributed by atoms with Gasteiger partial charge in [0.05, 0.1) is 11.8 Å². The van der Waals surface area contributed by atoms with E-state index in [4.69, 9.17) is 0 Å². The summed E-state index contributed by atoms with van der Waals surface area (Å²) in [7, 11) is 0. The molecule has 0 spiro atoms. The topological polar surface area (TPSA) is 91.8 Å². The summed E-state index contributed by atoms with van der Waals surface area (Å²) >= 11 is 0. The summed E-state index contributed by atoms with van der Waals surface area (Å²) < 4.78 is 0. The lowest BCUT2D eigenvalue weighted by molar-refractivity contribution is -0.173. The Morgan fingerprint density at radius 3 is 1.42 bits per heavy atom. The molecule has 0 aliphatic carbocycles. The first-order valence-electron chi connectivity index (χ1n) is 8.22. The average molecular weight is 351 g/mol. The molecule has 1 saturated heterocycles. The molecule has 0 radical (unpaired) electrons. The second kappa shape index (κ2) is 7.41. The van der Waals surface area contributed by atoms with E-state index in [9.17, 15) is 24.4 Å². The van der Waals surface area contributed by atoms with Crippen LogP contribution in [-0.2, 0) is 9.59 Å². The van der Waals surface area contributed by atoms with Crippen LogP contribution in [0.4, 0.5) is 0 Å². The number of hydrogen-bond acceptors (Lipinski definition) is 5. The number of hydrogen-bond donors (Lipinski definition) is 1. The number of amides is 2. The van der Waals surface area contributed by atoms with E-state index in [1.807, 2.05) is 0 Å². The molecule has 0 aromatic heterocycles. The molecule has 2 amide bonds. The zero-order valence-corrected chi connectivity index (χ0v) is 13.9. The standard InChI is InChI=1S/C20H17NO5/c22-17(13-7-3-1-4-8-13)11-15-16(20(25)21(26)19(15)24)12-18(23)14-9-5-2-6-10-14/h1-10,15-16,26H,11-12H2. The minimum Gasteiger partial charge on any atom is -0.294 e. The second-order valence-electron chi connectivity index (χ2n) is 6.19. The first kappa shape index (κ1) is 17.7. The van der Waals surface area contributed by atoms with Crippen molar-refractivity contribution in [3.05, 3.63) is 71.8 Å². The summed E-state index contributed by atoms with van der Waals surface area (Å²) in [6.07, 6.45) is -0.475. The Hall–Kier alpha value is -3.12. The van der Waals surface area contributed by atoms with Gasteiger partial charge in [0, 0.05) is 24.0 Å². The van der Waals surface area contributed by atoms with Crippen molar-refractivity contribution < 1.29 is 24.4 Å². The molecular weight excluding hydrogens is 334 g/mol. The van der Waals surface area contributed by atoms with Gasteiger partial charge in [0.1, 0.15) is 0 Å². The van der Waals surface area contributed by atoms with Gasteiger partial charge >= 0.3 is 0 Å². The monoisotopic (exact) mass is 351 g/mol. The molecule has 2 aromatic carbocycles. The quantitative estimate of drug-likeness (QED) is 0.490. The summed E-state index contributed by atoms with van der Waals surface area (Å²) in [4.78, 5) is 49.2. The summed E-state index contributed by atoms with van der Waals surface area (Å²) in [5.41, 5.74) is 0.828. The Bertz CT molecular complexity index is 776. The van der Waals surface area contributed by atoms with E-state index < -0.39 is 23.7 Å². The lowest BCUT2D eigenvalue weighted by atomic mass is 9.84. The molecule has 132 valence electrons. The van der Waals surface area contributed by atoms with Gasteiger partial charge in [-0.3, -0.25) is 24.4 Å². The third-order valence-corrected chi connectivity index (χ3v) is 4.54. The number of Topliss-reactive ketones (excluding diaryl/α,β-unsaturated/α-hetero) is 2. The molecule has 6 nitrogen and oxygen atoms in total. The van der Waals surface area contributed by atoms with Gasteiger partial charge in [-0.2, -0.15) is 5.06 Å². The Morgan fingerprint density at radius 2 is 1.08 bits per heavy atom. The van der Waals surface area contributed by atoms with E-state index in [1.54, 1.807) is 60.7 Å². The molecule has 0 saturated carbocycles. The van der Waals surface area contributed by atoms with Crippen LogP contribution in [0.3, 0.4) is 0 Å². The fourth-order valence-electron chi connectivity index (χ4n) is 3.11. The average Bonchev–Trinajstić information content (AvgIpc) is 2.87. The first-order valence-corrected chi connectivity index (χ1v) is 8.22. The minimum atomic E-state index is -1.05. The highest BCUT2D eigenvalue weighted by Gasteiger charge is 2.48. The number of carbonyl (C=O) groups excluding carboxylic acids is 4. The van der Waals surface area contributed by atoms with Gasteiger partial charge in [-0.15, -0.1) is 0 Å². The smallest absolute Gasteiger partial charge is 0.257 e. The fourth-order valence-corrected chi connectivity index (χ4v) is 3.11.